The van der Waals surface area contributed by atoms with Crippen LogP contribution < -0.4 is 20.7 Å². The first kappa shape index (κ1) is 19.0. The van der Waals surface area contributed by atoms with Crippen LogP contribution >= 0.6 is 15.9 Å². The van der Waals surface area contributed by atoms with E-state index in [0.717, 1.165) is 15.8 Å². The summed E-state index contributed by atoms with van der Waals surface area (Å²) in [6.45, 7) is 4.22. The molecule has 2 aromatic carbocycles. The van der Waals surface area contributed by atoms with Gasteiger partial charge in [-0.3, -0.25) is 4.79 Å². The summed E-state index contributed by atoms with van der Waals surface area (Å²) in [4.78, 5) is 24.9. The number of hydrogen-bond donors (Lipinski definition) is 3. The summed E-state index contributed by atoms with van der Waals surface area (Å²) >= 11 is 3.40. The SMILES string of the molecule is CCOc1ccc(NC(=O)C2=C(C)NC(=O)N[C@H]2c2ccc(Br)cc2)cc1. The number of nitrogens with one attached hydrogen (secondary N) is 3. The highest BCUT2D eigenvalue weighted by atomic mass is 79.9. The number of carbonyl (C=O) groups is 2. The summed E-state index contributed by atoms with van der Waals surface area (Å²) in [5.41, 5.74) is 2.46. The zero-order valence-corrected chi connectivity index (χ0v) is 16.6. The van der Waals surface area contributed by atoms with Gasteiger partial charge in [-0.1, -0.05) is 28.1 Å². The van der Waals surface area contributed by atoms with Crippen LogP contribution in [0.25, 0.3) is 0 Å². The van der Waals surface area contributed by atoms with Crippen LogP contribution in [0.4, 0.5) is 10.5 Å². The van der Waals surface area contributed by atoms with E-state index < -0.39 is 6.04 Å². The van der Waals surface area contributed by atoms with Crippen molar-refractivity contribution >= 4 is 33.6 Å². The van der Waals surface area contributed by atoms with Crippen LogP contribution in [-0.2, 0) is 4.79 Å². The van der Waals surface area contributed by atoms with Crippen LogP contribution in [0.5, 0.6) is 5.75 Å². The molecule has 0 aromatic heterocycles. The maximum atomic E-state index is 12.9. The van der Waals surface area contributed by atoms with E-state index >= 15 is 0 Å². The molecule has 0 fully saturated rings. The third-order valence-electron chi connectivity index (χ3n) is 4.14. The Balaban J connectivity index is 1.86. The van der Waals surface area contributed by atoms with E-state index in [4.69, 9.17) is 4.74 Å². The van der Waals surface area contributed by atoms with Gasteiger partial charge in [-0.15, -0.1) is 0 Å². The lowest BCUT2D eigenvalue weighted by Gasteiger charge is -2.28. The van der Waals surface area contributed by atoms with E-state index in [2.05, 4.69) is 31.9 Å². The summed E-state index contributed by atoms with van der Waals surface area (Å²) in [6, 6.07) is 13.8. The Bertz CT molecular complexity index is 876. The molecule has 0 aliphatic carbocycles. The molecular formula is C20H20BrN3O3. The van der Waals surface area contributed by atoms with Crippen LogP contribution in [0.15, 0.2) is 64.3 Å². The number of amides is 3. The second kappa shape index (κ2) is 8.26. The van der Waals surface area contributed by atoms with E-state index in [1.807, 2.05) is 31.2 Å². The average Bonchev–Trinajstić information content (AvgIpc) is 2.63. The van der Waals surface area contributed by atoms with Crippen molar-refractivity contribution in [2.24, 2.45) is 0 Å². The van der Waals surface area contributed by atoms with Gasteiger partial charge in [-0.2, -0.15) is 0 Å². The van der Waals surface area contributed by atoms with Gasteiger partial charge in [-0.25, -0.2) is 4.79 Å². The smallest absolute Gasteiger partial charge is 0.319 e. The maximum absolute atomic E-state index is 12.9. The number of ether oxygens (including phenoxy) is 1. The van der Waals surface area contributed by atoms with Crippen molar-refractivity contribution in [3.05, 3.63) is 69.8 Å². The van der Waals surface area contributed by atoms with Crippen molar-refractivity contribution in [1.82, 2.24) is 10.6 Å². The minimum Gasteiger partial charge on any atom is -0.494 e. The van der Waals surface area contributed by atoms with Gasteiger partial charge in [0.1, 0.15) is 5.75 Å². The van der Waals surface area contributed by atoms with Gasteiger partial charge < -0.3 is 20.7 Å². The number of halogens is 1. The number of urea groups is 1. The van der Waals surface area contributed by atoms with E-state index in [1.54, 1.807) is 31.2 Å². The highest BCUT2D eigenvalue weighted by Crippen LogP contribution is 2.29. The van der Waals surface area contributed by atoms with Crippen molar-refractivity contribution in [3.63, 3.8) is 0 Å². The molecule has 3 amide bonds. The quantitative estimate of drug-likeness (QED) is 0.668. The van der Waals surface area contributed by atoms with Crippen molar-refractivity contribution in [3.8, 4) is 5.75 Å². The molecule has 1 heterocycles. The van der Waals surface area contributed by atoms with Crippen LogP contribution in [0.1, 0.15) is 25.5 Å². The van der Waals surface area contributed by atoms with Gasteiger partial charge in [-0.05, 0) is 55.8 Å². The minimum absolute atomic E-state index is 0.280. The first-order valence-electron chi connectivity index (χ1n) is 8.56. The van der Waals surface area contributed by atoms with Gasteiger partial charge in [0.05, 0.1) is 18.2 Å². The molecule has 0 radical (unpaired) electrons. The molecule has 1 aliphatic rings. The first-order chi connectivity index (χ1) is 13.0. The molecule has 0 unspecified atom stereocenters. The van der Waals surface area contributed by atoms with Gasteiger partial charge in [0.25, 0.3) is 5.91 Å². The molecule has 2 aromatic rings. The fraction of sp³-hybridized carbons (Fsp3) is 0.200. The molecule has 140 valence electrons. The first-order valence-corrected chi connectivity index (χ1v) is 9.35. The average molecular weight is 430 g/mol. The number of rotatable bonds is 5. The van der Waals surface area contributed by atoms with Crippen LogP contribution in [0, 0.1) is 0 Å². The van der Waals surface area contributed by atoms with E-state index in [1.165, 1.54) is 0 Å². The Labute approximate surface area is 166 Å². The number of hydrogen-bond acceptors (Lipinski definition) is 3. The van der Waals surface area contributed by atoms with Crippen molar-refractivity contribution in [2.45, 2.75) is 19.9 Å². The summed E-state index contributed by atoms with van der Waals surface area (Å²) in [5, 5.41) is 8.38. The van der Waals surface area contributed by atoms with E-state index in [0.29, 0.717) is 23.6 Å². The number of carbonyl (C=O) groups excluding carboxylic acids is 2. The fourth-order valence-corrected chi connectivity index (χ4v) is 3.16. The zero-order chi connectivity index (χ0) is 19.4. The molecule has 7 heteroatoms. The molecule has 27 heavy (non-hydrogen) atoms. The standard InChI is InChI=1S/C20H20BrN3O3/c1-3-27-16-10-8-15(9-11-16)23-19(25)17-12(2)22-20(26)24-18(17)13-4-6-14(21)7-5-13/h4-11,18H,3H2,1-2H3,(H,23,25)(H2,22,24,26)/t18-/m0/s1. The van der Waals surface area contributed by atoms with Gasteiger partial charge >= 0.3 is 6.03 Å². The largest absolute Gasteiger partial charge is 0.494 e. The third kappa shape index (κ3) is 4.49. The monoisotopic (exact) mass is 429 g/mol. The van der Waals surface area contributed by atoms with Crippen molar-refractivity contribution in [1.29, 1.82) is 0 Å². The Morgan fingerprint density at radius 2 is 1.81 bits per heavy atom. The summed E-state index contributed by atoms with van der Waals surface area (Å²) in [6.07, 6.45) is 0. The minimum atomic E-state index is -0.533. The van der Waals surface area contributed by atoms with Crippen LogP contribution in [-0.4, -0.2) is 18.5 Å². The van der Waals surface area contributed by atoms with Crippen LogP contribution in [0.2, 0.25) is 0 Å². The summed E-state index contributed by atoms with van der Waals surface area (Å²) in [7, 11) is 0. The number of allylic oxidation sites excluding steroid dienone is 1. The maximum Gasteiger partial charge on any atom is 0.319 e. The molecule has 0 bridgehead atoms. The Kier molecular flexibility index (Phi) is 5.81. The molecular weight excluding hydrogens is 410 g/mol. The lowest BCUT2D eigenvalue weighted by Crippen LogP contribution is -2.45. The van der Waals surface area contributed by atoms with Crippen LogP contribution in [0.3, 0.4) is 0 Å². The lowest BCUT2D eigenvalue weighted by molar-refractivity contribution is -0.113. The Hall–Kier alpha value is -2.80. The van der Waals surface area contributed by atoms with Gasteiger partial charge in [0, 0.05) is 15.9 Å². The summed E-state index contributed by atoms with van der Waals surface area (Å²) < 4.78 is 6.34. The van der Waals surface area contributed by atoms with Crippen molar-refractivity contribution in [2.75, 3.05) is 11.9 Å². The fourth-order valence-electron chi connectivity index (χ4n) is 2.90. The molecule has 6 nitrogen and oxygen atoms in total. The molecule has 1 atom stereocenters. The van der Waals surface area contributed by atoms with Crippen molar-refractivity contribution < 1.29 is 14.3 Å². The van der Waals surface area contributed by atoms with E-state index in [-0.39, 0.29) is 11.9 Å². The third-order valence-corrected chi connectivity index (χ3v) is 4.67. The second-order valence-electron chi connectivity index (χ2n) is 6.03. The predicted molar refractivity (Wildman–Crippen MR) is 107 cm³/mol. The second-order valence-corrected chi connectivity index (χ2v) is 6.95. The molecule has 3 N–H and O–H groups in total. The molecule has 0 saturated heterocycles. The molecule has 1 aliphatic heterocycles. The van der Waals surface area contributed by atoms with E-state index in [9.17, 15) is 9.59 Å². The highest BCUT2D eigenvalue weighted by molar-refractivity contribution is 9.10. The Morgan fingerprint density at radius 3 is 2.44 bits per heavy atom. The lowest BCUT2D eigenvalue weighted by atomic mass is 9.95. The predicted octanol–water partition coefficient (Wildman–Crippen LogP) is 4.11. The normalized spacial score (nSPS) is 16.4. The molecule has 0 spiro atoms. The molecule has 0 saturated carbocycles. The Morgan fingerprint density at radius 1 is 1.15 bits per heavy atom. The summed E-state index contributed by atoms with van der Waals surface area (Å²) in [5.74, 6) is 0.460. The van der Waals surface area contributed by atoms with Gasteiger partial charge in [0.2, 0.25) is 0 Å². The molecule has 3 rings (SSSR count). The highest BCUT2D eigenvalue weighted by Gasteiger charge is 2.31. The number of anilines is 1. The number of benzene rings is 2. The van der Waals surface area contributed by atoms with Gasteiger partial charge in [0.15, 0.2) is 0 Å². The topological polar surface area (TPSA) is 79.5 Å². The zero-order valence-electron chi connectivity index (χ0n) is 15.0.